The fourth-order valence-corrected chi connectivity index (χ4v) is 10.7. The third kappa shape index (κ3) is 8.94. The summed E-state index contributed by atoms with van der Waals surface area (Å²) < 4.78 is 85.6. The third-order valence-electron chi connectivity index (χ3n) is 12.3. The summed E-state index contributed by atoms with van der Waals surface area (Å²) >= 11 is 0. The van der Waals surface area contributed by atoms with E-state index in [1.54, 1.807) is 0 Å². The van der Waals surface area contributed by atoms with Crippen LogP contribution in [0.5, 0.6) is 0 Å². The van der Waals surface area contributed by atoms with Crippen molar-refractivity contribution in [3.8, 4) is 0 Å². The summed E-state index contributed by atoms with van der Waals surface area (Å²) in [5, 5.41) is 0. The fourth-order valence-electron chi connectivity index (χ4n) is 9.84. The van der Waals surface area contributed by atoms with Gasteiger partial charge in [0.15, 0.2) is 24.6 Å². The minimum atomic E-state index is -4.40. The molecule has 0 spiro atoms. The zero-order valence-electron chi connectivity index (χ0n) is 28.1. The van der Waals surface area contributed by atoms with Crippen LogP contribution >= 0.6 is 0 Å². The van der Waals surface area contributed by atoms with Crippen molar-refractivity contribution in [1.29, 1.82) is 0 Å². The predicted molar refractivity (Wildman–Crippen MR) is 178 cm³/mol. The van der Waals surface area contributed by atoms with Crippen molar-refractivity contribution in [3.63, 3.8) is 0 Å². The quantitative estimate of drug-likeness (QED) is 0.209. The molecule has 4 saturated carbocycles. The first kappa shape index (κ1) is 35.2. The molecular weight excluding hydrogens is 641 g/mol. The van der Waals surface area contributed by atoms with Gasteiger partial charge in [-0.1, -0.05) is 71.1 Å². The normalized spacial score (nSPS) is 33.9. The first-order valence-electron chi connectivity index (χ1n) is 18.5. The lowest BCUT2D eigenvalue weighted by molar-refractivity contribution is -0.559. The zero-order valence-corrected chi connectivity index (χ0v) is 29.7. The van der Waals surface area contributed by atoms with Crippen LogP contribution in [0.1, 0.15) is 116 Å². The Kier molecular flexibility index (Phi) is 11.3. The summed E-state index contributed by atoms with van der Waals surface area (Å²) in [4.78, 5) is 2.02. The van der Waals surface area contributed by atoms with Gasteiger partial charge in [-0.05, 0) is 67.8 Å². The Morgan fingerprint density at radius 3 is 1.96 bits per heavy atom. The lowest BCUT2D eigenvalue weighted by atomic mass is 9.71. The number of nitrogens with zero attached hydrogens (tertiary/aromatic N) is 2. The maximum absolute atomic E-state index is 11.7. The number of hydrogen-bond donors (Lipinski definition) is 0. The van der Waals surface area contributed by atoms with E-state index >= 15 is 0 Å². The number of allylic oxidation sites excluding steroid dienone is 2. The Morgan fingerprint density at radius 2 is 1.36 bits per heavy atom. The maximum atomic E-state index is 11.7. The molecule has 266 valence electrons. The van der Waals surface area contributed by atoms with Crippen molar-refractivity contribution < 1.29 is 40.0 Å². The molecule has 12 heteroatoms. The zero-order chi connectivity index (χ0) is 33.2. The second-order valence-corrected chi connectivity index (χ2v) is 18.2. The van der Waals surface area contributed by atoms with E-state index in [1.807, 2.05) is 28.6 Å². The van der Waals surface area contributed by atoms with Crippen LogP contribution in [-0.2, 0) is 29.7 Å². The predicted octanol–water partition coefficient (Wildman–Crippen LogP) is 5.26. The SMILES string of the molecule is CCC(=CC1=[N+](CCS(=O)(=O)[O-])C2CC(C3CCCCC3)CCC2O1)C=C1OC2CCC(C3CCCCC3)CC2N1CCS(=O)(=O)[O-]. The van der Waals surface area contributed by atoms with E-state index in [4.69, 9.17) is 9.47 Å². The molecule has 0 N–H and O–H groups in total. The topological polar surface area (TPSA) is 139 Å². The van der Waals surface area contributed by atoms with Crippen LogP contribution in [-0.4, -0.2) is 90.2 Å². The lowest BCUT2D eigenvalue weighted by Gasteiger charge is -2.39. The average molecular weight is 696 g/mol. The van der Waals surface area contributed by atoms with Crippen molar-refractivity contribution in [2.75, 3.05) is 24.6 Å². The maximum Gasteiger partial charge on any atom is 0.363 e. The molecule has 0 radical (unpaired) electrons. The highest BCUT2D eigenvalue weighted by molar-refractivity contribution is 7.85. The highest BCUT2D eigenvalue weighted by atomic mass is 32.2. The lowest BCUT2D eigenvalue weighted by Crippen LogP contribution is -2.43. The minimum Gasteiger partial charge on any atom is -0.748 e. The largest absolute Gasteiger partial charge is 0.748 e. The van der Waals surface area contributed by atoms with Crippen LogP contribution in [0.4, 0.5) is 0 Å². The van der Waals surface area contributed by atoms with E-state index in [0.717, 1.165) is 44.1 Å². The second kappa shape index (κ2) is 15.1. The van der Waals surface area contributed by atoms with Crippen LogP contribution < -0.4 is 0 Å². The van der Waals surface area contributed by atoms with Gasteiger partial charge in [0.2, 0.25) is 0 Å². The highest BCUT2D eigenvalue weighted by Gasteiger charge is 2.48. The molecule has 10 nitrogen and oxygen atoms in total. The highest BCUT2D eigenvalue weighted by Crippen LogP contribution is 2.45. The van der Waals surface area contributed by atoms with Crippen LogP contribution in [0.2, 0.25) is 0 Å². The molecule has 2 aliphatic heterocycles. The van der Waals surface area contributed by atoms with Crippen molar-refractivity contribution in [2.24, 2.45) is 23.7 Å². The number of fused-ring (bicyclic) bond motifs is 2. The number of rotatable bonds is 11. The summed E-state index contributed by atoms with van der Waals surface area (Å²) in [6.45, 7) is 2.23. The smallest absolute Gasteiger partial charge is 0.363 e. The van der Waals surface area contributed by atoms with Crippen molar-refractivity contribution in [3.05, 3.63) is 23.6 Å². The molecule has 0 bridgehead atoms. The van der Waals surface area contributed by atoms with Gasteiger partial charge < -0.3 is 23.5 Å². The molecule has 6 unspecified atom stereocenters. The fraction of sp³-hybridized carbons (Fsp3) is 0.857. The van der Waals surface area contributed by atoms with Gasteiger partial charge in [-0.3, -0.25) is 0 Å². The monoisotopic (exact) mass is 695 g/mol. The molecule has 6 aliphatic rings. The number of hydrogen-bond acceptors (Lipinski definition) is 9. The van der Waals surface area contributed by atoms with Crippen molar-refractivity contribution >= 4 is 26.1 Å². The minimum absolute atomic E-state index is 0.0375. The van der Waals surface area contributed by atoms with Crippen LogP contribution in [0, 0.1) is 23.7 Å². The van der Waals surface area contributed by atoms with Gasteiger partial charge in [0.25, 0.3) is 0 Å². The van der Waals surface area contributed by atoms with E-state index in [1.165, 1.54) is 64.2 Å². The molecule has 0 aromatic carbocycles. The van der Waals surface area contributed by atoms with Crippen LogP contribution in [0.15, 0.2) is 23.6 Å². The van der Waals surface area contributed by atoms with Gasteiger partial charge in [0, 0.05) is 19.0 Å². The molecule has 2 heterocycles. The third-order valence-corrected chi connectivity index (χ3v) is 13.7. The molecular formula is C35H55N2O8S2-. The van der Waals surface area contributed by atoms with Crippen molar-refractivity contribution in [1.82, 2.24) is 4.90 Å². The van der Waals surface area contributed by atoms with Gasteiger partial charge in [-0.15, -0.1) is 0 Å². The van der Waals surface area contributed by atoms with Crippen molar-refractivity contribution in [2.45, 2.75) is 140 Å². The molecule has 5 fully saturated rings. The Hall–Kier alpha value is -1.63. The molecule has 4 aliphatic carbocycles. The first-order chi connectivity index (χ1) is 22.5. The summed E-state index contributed by atoms with van der Waals surface area (Å²) in [6, 6.07) is 0.0750. The van der Waals surface area contributed by atoms with E-state index in [0.29, 0.717) is 41.9 Å². The molecule has 1 saturated heterocycles. The Labute approximate surface area is 282 Å². The van der Waals surface area contributed by atoms with E-state index in [2.05, 4.69) is 0 Å². The Morgan fingerprint density at radius 1 is 0.766 bits per heavy atom. The number of ether oxygens (including phenoxy) is 2. The standard InChI is InChI=1S/C35H56N2O8S2/c1-2-25(21-34-36(17-19-46(38,39)40)30-23-28(13-15-32(30)44-34)26-9-5-3-6-10-26)22-35-37(18-20-47(41,42)43)31-24-29(14-16-33(31)45-35)27-11-7-4-8-12-27/h21-22,26-33H,2-20,23-24H2,1H3,(H-,38,39,40,41,42,43)/p-1. The van der Waals surface area contributed by atoms with Gasteiger partial charge >= 0.3 is 5.90 Å². The van der Waals surface area contributed by atoms with Crippen LogP contribution in [0.3, 0.4) is 0 Å². The van der Waals surface area contributed by atoms with Gasteiger partial charge in [0.1, 0.15) is 16.2 Å². The molecule has 0 aromatic rings. The van der Waals surface area contributed by atoms with E-state index in [9.17, 15) is 25.9 Å². The van der Waals surface area contributed by atoms with E-state index < -0.39 is 31.7 Å². The van der Waals surface area contributed by atoms with Gasteiger partial charge in [0.05, 0.1) is 33.7 Å². The molecule has 6 rings (SSSR count). The second-order valence-electron chi connectivity index (χ2n) is 15.2. The summed E-state index contributed by atoms with van der Waals surface area (Å²) in [5.74, 6) is 2.83. The molecule has 0 aromatic heterocycles. The molecule has 6 atom stereocenters. The van der Waals surface area contributed by atoms with Crippen LogP contribution in [0.25, 0.3) is 0 Å². The van der Waals surface area contributed by atoms with Gasteiger partial charge in [-0.2, -0.15) is 4.58 Å². The summed E-state index contributed by atoms with van der Waals surface area (Å²) in [5.41, 5.74) is 0.907. The Balaban J connectivity index is 1.26. The first-order valence-corrected chi connectivity index (χ1v) is 21.7. The van der Waals surface area contributed by atoms with E-state index in [-0.39, 0.29) is 37.4 Å². The Bertz CT molecular complexity index is 1410. The average Bonchev–Trinajstić information content (AvgIpc) is 3.58. The summed E-state index contributed by atoms with van der Waals surface area (Å²) in [7, 11) is -8.81. The van der Waals surface area contributed by atoms with Gasteiger partial charge in [-0.25, -0.2) is 16.8 Å². The molecule has 47 heavy (non-hydrogen) atoms. The molecule has 0 amide bonds. The summed E-state index contributed by atoms with van der Waals surface area (Å²) in [6.07, 6.45) is 23.2.